The molecule has 0 aliphatic rings. The Morgan fingerprint density at radius 1 is 1.38 bits per heavy atom. The maximum Gasteiger partial charge on any atom is 0.138 e. The molecule has 0 amide bonds. The van der Waals surface area contributed by atoms with Gasteiger partial charge in [0.1, 0.15) is 12.2 Å². The van der Waals surface area contributed by atoms with Crippen LogP contribution in [0.1, 0.15) is 31.3 Å². The third-order valence-corrected chi connectivity index (χ3v) is 4.89. The van der Waals surface area contributed by atoms with Crippen molar-refractivity contribution in [1.29, 1.82) is 0 Å². The molecule has 1 atom stereocenters. The van der Waals surface area contributed by atoms with E-state index in [4.69, 9.17) is 11.6 Å². The fourth-order valence-corrected chi connectivity index (χ4v) is 2.77. The number of rotatable bonds is 6. The summed E-state index contributed by atoms with van der Waals surface area (Å²) in [6.45, 7) is 5.25. The van der Waals surface area contributed by atoms with E-state index in [1.165, 1.54) is 5.56 Å². The SMILES string of the molecule is CNC(Cc1ncnn1CC(C)C)c1ccc(I)c(Cl)c1. The van der Waals surface area contributed by atoms with Gasteiger partial charge in [-0.05, 0) is 53.3 Å². The molecule has 114 valence electrons. The molecule has 0 bridgehead atoms. The van der Waals surface area contributed by atoms with E-state index in [-0.39, 0.29) is 6.04 Å². The van der Waals surface area contributed by atoms with Gasteiger partial charge in [-0.15, -0.1) is 0 Å². The highest BCUT2D eigenvalue weighted by Crippen LogP contribution is 2.25. The van der Waals surface area contributed by atoms with Gasteiger partial charge in [-0.25, -0.2) is 9.67 Å². The third kappa shape index (κ3) is 4.40. The molecule has 4 nitrogen and oxygen atoms in total. The van der Waals surface area contributed by atoms with Crippen LogP contribution in [0.2, 0.25) is 5.02 Å². The molecular weight excluding hydrogens is 399 g/mol. The van der Waals surface area contributed by atoms with Crippen LogP contribution in [-0.4, -0.2) is 21.8 Å². The maximum absolute atomic E-state index is 6.23. The molecule has 0 spiro atoms. The van der Waals surface area contributed by atoms with Crippen LogP contribution in [0.3, 0.4) is 0 Å². The predicted octanol–water partition coefficient (Wildman–Crippen LogP) is 3.70. The smallest absolute Gasteiger partial charge is 0.138 e. The largest absolute Gasteiger partial charge is 0.313 e. The summed E-state index contributed by atoms with van der Waals surface area (Å²) >= 11 is 8.47. The average Bonchev–Trinajstić information content (AvgIpc) is 2.85. The summed E-state index contributed by atoms with van der Waals surface area (Å²) < 4.78 is 3.05. The van der Waals surface area contributed by atoms with Gasteiger partial charge in [0.05, 0.1) is 5.02 Å². The maximum atomic E-state index is 6.23. The van der Waals surface area contributed by atoms with Crippen molar-refractivity contribution in [3.05, 3.63) is 44.5 Å². The van der Waals surface area contributed by atoms with Gasteiger partial charge in [-0.3, -0.25) is 0 Å². The molecule has 1 unspecified atom stereocenters. The molecule has 0 saturated carbocycles. The molecule has 2 aromatic rings. The molecule has 0 saturated heterocycles. The van der Waals surface area contributed by atoms with E-state index in [1.807, 2.05) is 23.9 Å². The molecular formula is C15H20ClIN4. The van der Waals surface area contributed by atoms with Crippen molar-refractivity contribution in [2.24, 2.45) is 5.92 Å². The van der Waals surface area contributed by atoms with Crippen molar-refractivity contribution in [3.8, 4) is 0 Å². The van der Waals surface area contributed by atoms with E-state index >= 15 is 0 Å². The van der Waals surface area contributed by atoms with Gasteiger partial charge in [0, 0.05) is 22.6 Å². The van der Waals surface area contributed by atoms with Gasteiger partial charge in [0.25, 0.3) is 0 Å². The quantitative estimate of drug-likeness (QED) is 0.728. The lowest BCUT2D eigenvalue weighted by Gasteiger charge is -2.18. The summed E-state index contributed by atoms with van der Waals surface area (Å²) in [4.78, 5) is 4.40. The third-order valence-electron chi connectivity index (χ3n) is 3.31. The number of hydrogen-bond donors (Lipinski definition) is 1. The molecule has 21 heavy (non-hydrogen) atoms. The number of halogens is 2. The van der Waals surface area contributed by atoms with Crippen molar-refractivity contribution in [2.45, 2.75) is 32.9 Å². The van der Waals surface area contributed by atoms with E-state index in [9.17, 15) is 0 Å². The summed E-state index contributed by atoms with van der Waals surface area (Å²) in [6, 6.07) is 6.35. The Hall–Kier alpha value is -0.660. The van der Waals surface area contributed by atoms with E-state index in [2.05, 4.69) is 57.9 Å². The molecule has 0 fully saturated rings. The van der Waals surface area contributed by atoms with Crippen molar-refractivity contribution in [2.75, 3.05) is 7.05 Å². The van der Waals surface area contributed by atoms with Crippen LogP contribution < -0.4 is 5.32 Å². The lowest BCUT2D eigenvalue weighted by molar-refractivity contribution is 0.451. The highest BCUT2D eigenvalue weighted by molar-refractivity contribution is 14.1. The number of likely N-dealkylation sites (N-methyl/N-ethyl adjacent to an activating group) is 1. The Kier molecular flexibility index (Phi) is 6.01. The van der Waals surface area contributed by atoms with E-state index in [0.29, 0.717) is 5.92 Å². The van der Waals surface area contributed by atoms with Crippen LogP contribution in [0.15, 0.2) is 24.5 Å². The lowest BCUT2D eigenvalue weighted by atomic mass is 10.0. The zero-order valence-electron chi connectivity index (χ0n) is 12.5. The molecule has 2 rings (SSSR count). The second-order valence-corrected chi connectivity index (χ2v) is 7.04. The highest BCUT2D eigenvalue weighted by atomic mass is 127. The molecule has 0 aliphatic carbocycles. The molecule has 0 aliphatic heterocycles. The second kappa shape index (κ2) is 7.56. The summed E-state index contributed by atoms with van der Waals surface area (Å²) in [5, 5.41) is 8.45. The second-order valence-electron chi connectivity index (χ2n) is 5.47. The van der Waals surface area contributed by atoms with Gasteiger partial charge in [0.2, 0.25) is 0 Å². The van der Waals surface area contributed by atoms with Gasteiger partial charge in [-0.1, -0.05) is 31.5 Å². The Bertz CT molecular complexity index is 597. The van der Waals surface area contributed by atoms with Crippen LogP contribution >= 0.6 is 34.2 Å². The Morgan fingerprint density at radius 2 is 2.14 bits per heavy atom. The van der Waals surface area contributed by atoms with Gasteiger partial charge in [0.15, 0.2) is 0 Å². The number of benzene rings is 1. The van der Waals surface area contributed by atoms with Crippen LogP contribution in [0.25, 0.3) is 0 Å². The summed E-state index contributed by atoms with van der Waals surface area (Å²) in [5.74, 6) is 1.55. The first kappa shape index (κ1) is 16.7. The highest BCUT2D eigenvalue weighted by Gasteiger charge is 2.15. The van der Waals surface area contributed by atoms with Gasteiger partial charge >= 0.3 is 0 Å². The van der Waals surface area contributed by atoms with E-state index < -0.39 is 0 Å². The zero-order chi connectivity index (χ0) is 15.4. The van der Waals surface area contributed by atoms with Gasteiger partial charge in [-0.2, -0.15) is 5.10 Å². The molecule has 6 heteroatoms. The van der Waals surface area contributed by atoms with Crippen molar-refractivity contribution >= 4 is 34.2 Å². The first-order chi connectivity index (χ1) is 10.0. The Labute approximate surface area is 144 Å². The zero-order valence-corrected chi connectivity index (χ0v) is 15.4. The predicted molar refractivity (Wildman–Crippen MR) is 94.5 cm³/mol. The molecule has 1 aromatic carbocycles. The first-order valence-corrected chi connectivity index (χ1v) is 8.45. The topological polar surface area (TPSA) is 42.7 Å². The van der Waals surface area contributed by atoms with Crippen LogP contribution in [0.4, 0.5) is 0 Å². The minimum absolute atomic E-state index is 0.176. The van der Waals surface area contributed by atoms with Crippen LogP contribution in [0, 0.1) is 9.49 Å². The summed E-state index contributed by atoms with van der Waals surface area (Å²) in [5.41, 5.74) is 1.17. The number of nitrogens with one attached hydrogen (secondary N) is 1. The summed E-state index contributed by atoms with van der Waals surface area (Å²) in [6.07, 6.45) is 2.42. The van der Waals surface area contributed by atoms with E-state index in [1.54, 1.807) is 6.33 Å². The number of hydrogen-bond acceptors (Lipinski definition) is 3. The monoisotopic (exact) mass is 418 g/mol. The molecule has 1 heterocycles. The van der Waals surface area contributed by atoms with Gasteiger partial charge < -0.3 is 5.32 Å². The lowest BCUT2D eigenvalue weighted by Crippen LogP contribution is -2.22. The summed E-state index contributed by atoms with van der Waals surface area (Å²) in [7, 11) is 1.96. The number of aromatic nitrogens is 3. The standard InChI is InChI=1S/C15H20ClIN4/c1-10(2)8-21-15(19-9-20-21)7-14(18-3)11-4-5-13(17)12(16)6-11/h4-6,9-10,14,18H,7-8H2,1-3H3. The van der Waals surface area contributed by atoms with Crippen LogP contribution in [-0.2, 0) is 13.0 Å². The van der Waals surface area contributed by atoms with Crippen LogP contribution in [0.5, 0.6) is 0 Å². The molecule has 0 radical (unpaired) electrons. The molecule has 1 aromatic heterocycles. The first-order valence-electron chi connectivity index (χ1n) is 7.00. The van der Waals surface area contributed by atoms with Crippen molar-refractivity contribution < 1.29 is 0 Å². The Balaban J connectivity index is 2.19. The molecule has 1 N–H and O–H groups in total. The normalized spacial score (nSPS) is 12.9. The Morgan fingerprint density at radius 3 is 2.76 bits per heavy atom. The van der Waals surface area contributed by atoms with Crippen molar-refractivity contribution in [1.82, 2.24) is 20.1 Å². The fraction of sp³-hybridized carbons (Fsp3) is 0.467. The minimum Gasteiger partial charge on any atom is -0.313 e. The van der Waals surface area contributed by atoms with Crippen molar-refractivity contribution in [3.63, 3.8) is 0 Å². The fourth-order valence-electron chi connectivity index (χ4n) is 2.24. The number of nitrogens with zero attached hydrogens (tertiary/aromatic N) is 3. The minimum atomic E-state index is 0.176. The van der Waals surface area contributed by atoms with E-state index in [0.717, 1.165) is 27.4 Å². The average molecular weight is 419 g/mol.